The summed E-state index contributed by atoms with van der Waals surface area (Å²) in [5.41, 5.74) is -1.64. The Morgan fingerprint density at radius 1 is 1.50 bits per heavy atom. The molecule has 1 saturated heterocycles. The number of aromatic amines is 1. The maximum atomic E-state index is 12.2. The van der Waals surface area contributed by atoms with Crippen molar-refractivity contribution in [3.8, 4) is 0 Å². The normalized spacial score (nSPS) is 18.0. The molecule has 20 heavy (non-hydrogen) atoms. The highest BCUT2D eigenvalue weighted by Crippen LogP contribution is 2.20. The van der Waals surface area contributed by atoms with Gasteiger partial charge in [0.15, 0.2) is 0 Å². The monoisotopic (exact) mass is 281 g/mol. The zero-order valence-corrected chi connectivity index (χ0v) is 10.2. The lowest BCUT2D eigenvalue weighted by molar-refractivity contribution is -0.385. The van der Waals surface area contributed by atoms with Crippen LogP contribution in [0.4, 0.5) is 5.69 Å². The van der Waals surface area contributed by atoms with Crippen molar-refractivity contribution < 1.29 is 19.6 Å². The highest BCUT2D eigenvalue weighted by molar-refractivity contribution is 5.97. The highest BCUT2D eigenvalue weighted by Gasteiger charge is 2.35. The van der Waals surface area contributed by atoms with Crippen LogP contribution in [0.1, 0.15) is 23.2 Å². The lowest BCUT2D eigenvalue weighted by Gasteiger charge is -2.20. The fourth-order valence-electron chi connectivity index (χ4n) is 2.16. The van der Waals surface area contributed by atoms with Crippen LogP contribution in [0, 0.1) is 10.1 Å². The molecule has 106 valence electrons. The first-order valence-electron chi connectivity index (χ1n) is 5.82. The van der Waals surface area contributed by atoms with Gasteiger partial charge in [-0.15, -0.1) is 0 Å². The number of nitro groups is 1. The summed E-state index contributed by atoms with van der Waals surface area (Å²) in [4.78, 5) is 47.9. The molecule has 9 heteroatoms. The van der Waals surface area contributed by atoms with Gasteiger partial charge in [0, 0.05) is 12.6 Å². The van der Waals surface area contributed by atoms with Crippen LogP contribution < -0.4 is 5.56 Å². The van der Waals surface area contributed by atoms with Crippen molar-refractivity contribution in [3.05, 3.63) is 38.3 Å². The number of nitrogens with one attached hydrogen (secondary N) is 1. The third-order valence-electron chi connectivity index (χ3n) is 3.13. The number of carboxylic acids is 1. The summed E-state index contributed by atoms with van der Waals surface area (Å²) in [6.45, 7) is 0.206. The first-order chi connectivity index (χ1) is 9.41. The summed E-state index contributed by atoms with van der Waals surface area (Å²) < 4.78 is 0. The van der Waals surface area contributed by atoms with E-state index >= 15 is 0 Å². The molecule has 0 aromatic carbocycles. The molecule has 1 aromatic rings. The van der Waals surface area contributed by atoms with Crippen LogP contribution in [-0.4, -0.2) is 44.4 Å². The van der Waals surface area contributed by atoms with Gasteiger partial charge in [-0.05, 0) is 12.8 Å². The minimum absolute atomic E-state index is 0.206. The van der Waals surface area contributed by atoms with Crippen LogP contribution >= 0.6 is 0 Å². The summed E-state index contributed by atoms with van der Waals surface area (Å²) in [5, 5.41) is 19.6. The van der Waals surface area contributed by atoms with Gasteiger partial charge < -0.3 is 15.0 Å². The molecule has 1 aliphatic rings. The van der Waals surface area contributed by atoms with Crippen LogP contribution in [-0.2, 0) is 4.79 Å². The van der Waals surface area contributed by atoms with Gasteiger partial charge >= 0.3 is 5.97 Å². The molecule has 0 unspecified atom stereocenters. The Morgan fingerprint density at radius 3 is 2.80 bits per heavy atom. The molecule has 1 amide bonds. The highest BCUT2D eigenvalue weighted by atomic mass is 16.6. The average molecular weight is 281 g/mol. The third kappa shape index (κ3) is 2.37. The number of nitrogens with zero attached hydrogens (tertiary/aromatic N) is 2. The van der Waals surface area contributed by atoms with Crippen LogP contribution in [0.15, 0.2) is 17.1 Å². The van der Waals surface area contributed by atoms with Crippen molar-refractivity contribution in [2.24, 2.45) is 0 Å². The second kappa shape index (κ2) is 5.11. The van der Waals surface area contributed by atoms with Crippen LogP contribution in [0.5, 0.6) is 0 Å². The lowest BCUT2D eigenvalue weighted by Crippen LogP contribution is -2.42. The fourth-order valence-corrected chi connectivity index (χ4v) is 2.16. The molecule has 1 aliphatic heterocycles. The molecule has 2 heterocycles. The minimum Gasteiger partial charge on any atom is -0.480 e. The Morgan fingerprint density at radius 2 is 2.20 bits per heavy atom. The Hall–Kier alpha value is -2.71. The lowest BCUT2D eigenvalue weighted by atomic mass is 10.2. The number of aliphatic carboxylic acids is 1. The van der Waals surface area contributed by atoms with Crippen molar-refractivity contribution in [1.82, 2.24) is 9.88 Å². The first-order valence-corrected chi connectivity index (χ1v) is 5.82. The molecular weight excluding hydrogens is 270 g/mol. The second-order valence-electron chi connectivity index (χ2n) is 4.35. The van der Waals surface area contributed by atoms with E-state index in [4.69, 9.17) is 5.11 Å². The molecular formula is C11H11N3O6. The predicted molar refractivity (Wildman–Crippen MR) is 65.4 cm³/mol. The number of pyridine rings is 1. The molecule has 0 radical (unpaired) electrons. The molecule has 1 aromatic heterocycles. The molecule has 2 rings (SSSR count). The Bertz CT molecular complexity index is 637. The van der Waals surface area contributed by atoms with Gasteiger partial charge in [-0.2, -0.15) is 0 Å². The van der Waals surface area contributed by atoms with Crippen molar-refractivity contribution in [3.63, 3.8) is 0 Å². The fraction of sp³-hybridized carbons (Fsp3) is 0.364. The van der Waals surface area contributed by atoms with Crippen molar-refractivity contribution in [1.29, 1.82) is 0 Å². The van der Waals surface area contributed by atoms with E-state index in [9.17, 15) is 24.5 Å². The van der Waals surface area contributed by atoms with Gasteiger partial charge in [0.1, 0.15) is 11.6 Å². The van der Waals surface area contributed by atoms with E-state index in [1.165, 1.54) is 0 Å². The number of carbonyl (C=O) groups excluding carboxylic acids is 1. The zero-order chi connectivity index (χ0) is 14.9. The van der Waals surface area contributed by atoms with Gasteiger partial charge in [0.05, 0.1) is 11.1 Å². The molecule has 1 atom stereocenters. The predicted octanol–water partition coefficient (Wildman–Crippen LogP) is -0.0277. The molecule has 2 N–H and O–H groups in total. The smallest absolute Gasteiger partial charge is 0.326 e. The Kier molecular flexibility index (Phi) is 3.51. The Balaban J connectivity index is 2.38. The molecule has 9 nitrogen and oxygen atoms in total. The van der Waals surface area contributed by atoms with Crippen LogP contribution in [0.2, 0.25) is 0 Å². The van der Waals surface area contributed by atoms with Gasteiger partial charge in [-0.1, -0.05) is 0 Å². The van der Waals surface area contributed by atoms with Gasteiger partial charge in [0.2, 0.25) is 0 Å². The van der Waals surface area contributed by atoms with E-state index in [0.717, 1.165) is 17.2 Å². The number of amides is 1. The van der Waals surface area contributed by atoms with Crippen LogP contribution in [0.25, 0.3) is 0 Å². The van der Waals surface area contributed by atoms with Gasteiger partial charge in [-0.25, -0.2) is 4.79 Å². The van der Waals surface area contributed by atoms with E-state index < -0.39 is 39.7 Å². The first kappa shape index (κ1) is 13.7. The van der Waals surface area contributed by atoms with Crippen molar-refractivity contribution >= 4 is 17.6 Å². The third-order valence-corrected chi connectivity index (χ3v) is 3.13. The average Bonchev–Trinajstić information content (AvgIpc) is 2.87. The second-order valence-corrected chi connectivity index (χ2v) is 4.35. The topological polar surface area (TPSA) is 134 Å². The largest absolute Gasteiger partial charge is 0.480 e. The van der Waals surface area contributed by atoms with E-state index in [0.29, 0.717) is 12.8 Å². The Labute approximate surface area is 112 Å². The van der Waals surface area contributed by atoms with Crippen molar-refractivity contribution in [2.75, 3.05) is 6.54 Å². The number of carboxylic acid groups (broad SMARTS) is 1. The summed E-state index contributed by atoms with van der Waals surface area (Å²) in [6.07, 6.45) is 1.70. The van der Waals surface area contributed by atoms with Crippen molar-refractivity contribution in [2.45, 2.75) is 18.9 Å². The SMILES string of the molecule is O=C(O)[C@@H]1CCCN1C(=O)c1cc([N+](=O)[O-])c[nH]c1=O. The van der Waals surface area contributed by atoms with E-state index in [1.807, 2.05) is 0 Å². The van der Waals surface area contributed by atoms with Gasteiger partial charge in [-0.3, -0.25) is 19.7 Å². The molecule has 0 aliphatic carbocycles. The maximum Gasteiger partial charge on any atom is 0.326 e. The molecule has 0 spiro atoms. The van der Waals surface area contributed by atoms with Gasteiger partial charge in [0.25, 0.3) is 17.2 Å². The molecule has 1 fully saturated rings. The summed E-state index contributed by atoms with van der Waals surface area (Å²) in [6, 6.07) is -0.139. The number of aromatic nitrogens is 1. The minimum atomic E-state index is -1.15. The van der Waals surface area contributed by atoms with Crippen LogP contribution in [0.3, 0.4) is 0 Å². The van der Waals surface area contributed by atoms with E-state index in [-0.39, 0.29) is 6.54 Å². The quantitative estimate of drug-likeness (QED) is 0.590. The number of likely N-dealkylation sites (tertiary alicyclic amines) is 1. The molecule has 0 saturated carbocycles. The molecule has 0 bridgehead atoms. The number of hydrogen-bond acceptors (Lipinski definition) is 5. The standard InChI is InChI=1S/C11H11N3O6/c15-9-7(4-6(5-12-9)14(19)20)10(16)13-3-1-2-8(13)11(17)18/h4-5,8H,1-3H2,(H,12,15)(H,17,18)/t8-/m0/s1. The summed E-state index contributed by atoms with van der Waals surface area (Å²) in [7, 11) is 0. The number of hydrogen-bond donors (Lipinski definition) is 2. The van der Waals surface area contributed by atoms with E-state index in [2.05, 4.69) is 4.98 Å². The summed E-state index contributed by atoms with van der Waals surface area (Å²) in [5.74, 6) is -1.96. The maximum absolute atomic E-state index is 12.2. The summed E-state index contributed by atoms with van der Waals surface area (Å²) >= 11 is 0. The number of carbonyl (C=O) groups is 2. The number of rotatable bonds is 3. The number of H-pyrrole nitrogens is 1. The zero-order valence-electron chi connectivity index (χ0n) is 10.2. The van der Waals surface area contributed by atoms with E-state index in [1.54, 1.807) is 0 Å².